The molecule has 7 heteroatoms. The first-order valence-corrected chi connectivity index (χ1v) is 9.08. The van der Waals surface area contributed by atoms with Crippen LogP contribution in [0.1, 0.15) is 22.3 Å². The van der Waals surface area contributed by atoms with E-state index < -0.39 is 0 Å². The summed E-state index contributed by atoms with van der Waals surface area (Å²) in [4.78, 5) is 16.8. The first-order chi connectivity index (χ1) is 12.4. The Balaban J connectivity index is 1.77. The highest BCUT2D eigenvalue weighted by Gasteiger charge is 2.15. The number of nitrogens with two attached hydrogens (primary N) is 1. The number of hydrogen-bond donors (Lipinski definition) is 3. The van der Waals surface area contributed by atoms with Crippen molar-refractivity contribution in [2.45, 2.75) is 27.7 Å². The van der Waals surface area contributed by atoms with Crippen LogP contribution in [0.15, 0.2) is 24.3 Å². The van der Waals surface area contributed by atoms with Gasteiger partial charge in [0.05, 0.1) is 10.2 Å². The lowest BCUT2D eigenvalue weighted by molar-refractivity contribution is -0.118. The molecule has 136 valence electrons. The van der Waals surface area contributed by atoms with Gasteiger partial charge in [0.15, 0.2) is 11.7 Å². The Morgan fingerprint density at radius 3 is 2.69 bits per heavy atom. The molecular formula is C19H22N4O2S. The Morgan fingerprint density at radius 2 is 1.96 bits per heavy atom. The molecule has 4 N–H and O–H groups in total. The molecule has 2 aromatic carbocycles. The van der Waals surface area contributed by atoms with Gasteiger partial charge in [0.1, 0.15) is 5.75 Å². The molecule has 0 aliphatic rings. The van der Waals surface area contributed by atoms with Crippen molar-refractivity contribution < 1.29 is 9.53 Å². The van der Waals surface area contributed by atoms with Gasteiger partial charge in [-0.15, -0.1) is 0 Å². The minimum atomic E-state index is -0.196. The molecular weight excluding hydrogens is 348 g/mol. The van der Waals surface area contributed by atoms with Crippen LogP contribution in [0, 0.1) is 27.7 Å². The monoisotopic (exact) mass is 370 g/mol. The molecule has 1 heterocycles. The van der Waals surface area contributed by atoms with Gasteiger partial charge in [-0.2, -0.15) is 0 Å². The summed E-state index contributed by atoms with van der Waals surface area (Å²) in [6.07, 6.45) is 0. The average molecular weight is 370 g/mol. The number of benzene rings is 2. The van der Waals surface area contributed by atoms with Gasteiger partial charge >= 0.3 is 0 Å². The molecule has 0 fully saturated rings. The molecule has 26 heavy (non-hydrogen) atoms. The zero-order valence-electron chi connectivity index (χ0n) is 15.3. The molecule has 0 saturated heterocycles. The normalized spacial score (nSPS) is 10.8. The van der Waals surface area contributed by atoms with Gasteiger partial charge in [-0.05, 0) is 62.1 Å². The third-order valence-electron chi connectivity index (χ3n) is 4.42. The number of nitrogens with zero attached hydrogens (tertiary/aromatic N) is 1. The number of ether oxygens (including phenoxy) is 1. The van der Waals surface area contributed by atoms with E-state index in [1.54, 1.807) is 0 Å². The summed E-state index contributed by atoms with van der Waals surface area (Å²) in [6.45, 7) is 7.87. The van der Waals surface area contributed by atoms with Gasteiger partial charge < -0.3 is 10.1 Å². The fourth-order valence-corrected chi connectivity index (χ4v) is 3.70. The number of hydrogen-bond acceptors (Lipinski definition) is 6. The van der Waals surface area contributed by atoms with Crippen LogP contribution in [0.4, 0.5) is 10.8 Å². The van der Waals surface area contributed by atoms with E-state index in [4.69, 9.17) is 10.6 Å². The minimum absolute atomic E-state index is 0.0422. The zero-order valence-corrected chi connectivity index (χ0v) is 16.1. The first kappa shape index (κ1) is 18.2. The van der Waals surface area contributed by atoms with E-state index in [-0.39, 0.29) is 12.5 Å². The molecule has 0 radical (unpaired) electrons. The lowest BCUT2D eigenvalue weighted by Crippen LogP contribution is -2.21. The Kier molecular flexibility index (Phi) is 5.11. The number of aromatic nitrogens is 1. The van der Waals surface area contributed by atoms with Crippen LogP contribution in [0.25, 0.3) is 10.2 Å². The Hall–Kier alpha value is -2.64. The molecule has 0 bridgehead atoms. The molecule has 1 aromatic heterocycles. The van der Waals surface area contributed by atoms with Crippen molar-refractivity contribution in [3.8, 4) is 5.75 Å². The summed E-state index contributed by atoms with van der Waals surface area (Å²) >= 11 is 1.46. The van der Waals surface area contributed by atoms with Crippen LogP contribution in [-0.4, -0.2) is 17.5 Å². The van der Waals surface area contributed by atoms with Crippen LogP contribution in [0.2, 0.25) is 0 Å². The number of hydrazine groups is 1. The van der Waals surface area contributed by atoms with E-state index in [1.165, 1.54) is 11.3 Å². The molecule has 0 saturated carbocycles. The topological polar surface area (TPSA) is 89.3 Å². The molecule has 0 unspecified atom stereocenters. The Labute approximate surface area is 156 Å². The van der Waals surface area contributed by atoms with E-state index >= 15 is 0 Å². The van der Waals surface area contributed by atoms with Crippen molar-refractivity contribution in [3.63, 3.8) is 0 Å². The first-order valence-electron chi connectivity index (χ1n) is 8.27. The Bertz CT molecular complexity index is 981. The number of carbonyl (C=O) groups is 1. The fraction of sp³-hybridized carbons (Fsp3) is 0.263. The second-order valence-electron chi connectivity index (χ2n) is 6.24. The van der Waals surface area contributed by atoms with Crippen LogP contribution in [0.5, 0.6) is 5.75 Å². The molecule has 3 rings (SSSR count). The van der Waals surface area contributed by atoms with E-state index in [0.717, 1.165) is 43.9 Å². The standard InChI is InChI=1S/C19H22N4O2S/c1-10-6-5-7-15(12(10)3)25-9-16(24)22-17-11(2)8-14-18(13(17)4)26-19(21-14)23-20/h5-8H,9,20H2,1-4H3,(H,21,23)(H,22,24). The molecule has 0 aliphatic carbocycles. The summed E-state index contributed by atoms with van der Waals surface area (Å²) in [7, 11) is 0. The van der Waals surface area contributed by atoms with Crippen molar-refractivity contribution in [1.82, 2.24) is 4.98 Å². The molecule has 1 amide bonds. The average Bonchev–Trinajstić information content (AvgIpc) is 3.03. The molecule has 3 aromatic rings. The van der Waals surface area contributed by atoms with Gasteiger partial charge in [-0.3, -0.25) is 10.2 Å². The third-order valence-corrected chi connectivity index (χ3v) is 5.54. The van der Waals surface area contributed by atoms with E-state index in [1.807, 2.05) is 52.0 Å². The second-order valence-corrected chi connectivity index (χ2v) is 7.24. The summed E-state index contributed by atoms with van der Waals surface area (Å²) in [5, 5.41) is 3.61. The summed E-state index contributed by atoms with van der Waals surface area (Å²) < 4.78 is 6.69. The lowest BCUT2D eigenvalue weighted by Gasteiger charge is -2.14. The van der Waals surface area contributed by atoms with E-state index in [0.29, 0.717) is 5.13 Å². The number of fused-ring (bicyclic) bond motifs is 1. The van der Waals surface area contributed by atoms with Crippen LogP contribution in [-0.2, 0) is 4.79 Å². The van der Waals surface area contributed by atoms with Crippen LogP contribution >= 0.6 is 11.3 Å². The fourth-order valence-electron chi connectivity index (χ4n) is 2.84. The van der Waals surface area contributed by atoms with E-state index in [2.05, 4.69) is 15.7 Å². The smallest absolute Gasteiger partial charge is 0.262 e. The predicted octanol–water partition coefficient (Wildman–Crippen LogP) is 3.83. The third kappa shape index (κ3) is 3.49. The quantitative estimate of drug-likeness (QED) is 0.469. The van der Waals surface area contributed by atoms with Crippen LogP contribution in [0.3, 0.4) is 0 Å². The SMILES string of the molecule is Cc1cccc(OCC(=O)Nc2c(C)cc3nc(NN)sc3c2C)c1C. The lowest BCUT2D eigenvalue weighted by atomic mass is 10.1. The van der Waals surface area contributed by atoms with Gasteiger partial charge in [0.2, 0.25) is 0 Å². The number of thiazole rings is 1. The minimum Gasteiger partial charge on any atom is -0.483 e. The van der Waals surface area contributed by atoms with Crippen molar-refractivity contribution in [1.29, 1.82) is 0 Å². The number of aryl methyl sites for hydroxylation is 3. The summed E-state index contributed by atoms with van der Waals surface area (Å²) in [5.41, 5.74) is 8.32. The van der Waals surface area contributed by atoms with Crippen LogP contribution < -0.4 is 21.3 Å². The van der Waals surface area contributed by atoms with E-state index in [9.17, 15) is 4.79 Å². The van der Waals surface area contributed by atoms with Crippen molar-refractivity contribution >= 4 is 38.3 Å². The maximum absolute atomic E-state index is 12.4. The highest BCUT2D eigenvalue weighted by atomic mass is 32.1. The number of nitrogens with one attached hydrogen (secondary N) is 2. The van der Waals surface area contributed by atoms with Crippen molar-refractivity contribution in [2.75, 3.05) is 17.3 Å². The molecule has 0 spiro atoms. The zero-order chi connectivity index (χ0) is 18.8. The summed E-state index contributed by atoms with van der Waals surface area (Å²) in [5.74, 6) is 5.98. The highest BCUT2D eigenvalue weighted by Crippen LogP contribution is 2.34. The summed E-state index contributed by atoms with van der Waals surface area (Å²) in [6, 6.07) is 7.76. The number of rotatable bonds is 5. The molecule has 6 nitrogen and oxygen atoms in total. The van der Waals surface area contributed by atoms with Gasteiger partial charge in [-0.25, -0.2) is 10.8 Å². The maximum Gasteiger partial charge on any atom is 0.262 e. The number of amides is 1. The van der Waals surface area contributed by atoms with Gasteiger partial charge in [-0.1, -0.05) is 23.5 Å². The number of nitrogen functional groups attached to an aromatic ring is 1. The molecule has 0 aliphatic heterocycles. The number of anilines is 2. The van der Waals surface area contributed by atoms with Gasteiger partial charge in [0, 0.05) is 5.69 Å². The maximum atomic E-state index is 12.4. The largest absolute Gasteiger partial charge is 0.483 e. The number of carbonyl (C=O) groups excluding carboxylic acids is 1. The van der Waals surface area contributed by atoms with Crippen molar-refractivity contribution in [3.05, 3.63) is 46.5 Å². The van der Waals surface area contributed by atoms with Crippen molar-refractivity contribution in [2.24, 2.45) is 5.84 Å². The second kappa shape index (κ2) is 7.31. The highest BCUT2D eigenvalue weighted by molar-refractivity contribution is 7.22. The Morgan fingerprint density at radius 1 is 1.19 bits per heavy atom. The molecule has 0 atom stereocenters. The van der Waals surface area contributed by atoms with Gasteiger partial charge in [0.25, 0.3) is 5.91 Å². The predicted molar refractivity (Wildman–Crippen MR) is 107 cm³/mol.